The quantitative estimate of drug-likeness (QED) is 0.536. The van der Waals surface area contributed by atoms with Gasteiger partial charge in [-0.2, -0.15) is 5.10 Å². The van der Waals surface area contributed by atoms with E-state index in [2.05, 4.69) is 10.4 Å². The van der Waals surface area contributed by atoms with Crippen molar-refractivity contribution in [3.8, 4) is 16.9 Å². The number of benzene rings is 2. The summed E-state index contributed by atoms with van der Waals surface area (Å²) in [5, 5.41) is 8.12. The number of rotatable bonds is 8. The van der Waals surface area contributed by atoms with Crippen LogP contribution in [0, 0.1) is 5.92 Å². The summed E-state index contributed by atoms with van der Waals surface area (Å²) in [6.45, 7) is 6.17. The molecule has 1 aromatic heterocycles. The molecule has 0 saturated carbocycles. The van der Waals surface area contributed by atoms with Crippen LogP contribution in [-0.2, 0) is 9.59 Å². The largest absolute Gasteiger partial charge is 0.333 e. The van der Waals surface area contributed by atoms with Crippen LogP contribution in [0.15, 0.2) is 60.7 Å². The fraction of sp³-hybridized carbons (Fsp3) is 0.292. The topological polar surface area (TPSA) is 67.2 Å². The predicted molar refractivity (Wildman–Crippen MR) is 124 cm³/mol. The number of anilines is 1. The first-order valence-electron chi connectivity index (χ1n) is 10.4. The summed E-state index contributed by atoms with van der Waals surface area (Å²) in [7, 11) is 0. The number of para-hydroxylation sites is 1. The molecule has 1 heterocycles. The van der Waals surface area contributed by atoms with Crippen molar-refractivity contribution in [2.45, 2.75) is 27.2 Å². The van der Waals surface area contributed by atoms with Crippen LogP contribution in [0.1, 0.15) is 27.2 Å². The standard InChI is InChI=1S/C24H27ClN4O2/c1-4-14-28(24(31)17(2)3)16-23(30)26-22-15-20(18-10-6-5-7-11-18)27-29(22)21-13-9-8-12-19(21)25/h5-13,15,17H,4,14,16H2,1-3H3,(H,26,30). The van der Waals surface area contributed by atoms with Gasteiger partial charge in [0.15, 0.2) is 0 Å². The summed E-state index contributed by atoms with van der Waals surface area (Å²) in [5.41, 5.74) is 2.29. The van der Waals surface area contributed by atoms with E-state index >= 15 is 0 Å². The van der Waals surface area contributed by atoms with Crippen molar-refractivity contribution < 1.29 is 9.59 Å². The molecule has 3 rings (SSSR count). The summed E-state index contributed by atoms with van der Waals surface area (Å²) >= 11 is 6.40. The van der Waals surface area contributed by atoms with E-state index in [0.717, 1.165) is 12.0 Å². The Bertz CT molecular complexity index is 1050. The average Bonchev–Trinajstić information content (AvgIpc) is 3.17. The van der Waals surface area contributed by atoms with Crippen molar-refractivity contribution in [2.75, 3.05) is 18.4 Å². The maximum Gasteiger partial charge on any atom is 0.245 e. The van der Waals surface area contributed by atoms with Crippen LogP contribution in [0.4, 0.5) is 5.82 Å². The highest BCUT2D eigenvalue weighted by Crippen LogP contribution is 2.28. The molecule has 0 saturated heterocycles. The molecule has 0 fully saturated rings. The lowest BCUT2D eigenvalue weighted by molar-refractivity contribution is -0.137. The molecule has 0 spiro atoms. The van der Waals surface area contributed by atoms with Gasteiger partial charge in [0.1, 0.15) is 5.82 Å². The lowest BCUT2D eigenvalue weighted by Crippen LogP contribution is -2.40. The van der Waals surface area contributed by atoms with Crippen molar-refractivity contribution in [3.05, 3.63) is 65.7 Å². The van der Waals surface area contributed by atoms with Crippen molar-refractivity contribution in [1.29, 1.82) is 0 Å². The Balaban J connectivity index is 1.92. The summed E-state index contributed by atoms with van der Waals surface area (Å²) in [5.74, 6) is -0.0000599. The Morgan fingerprint density at radius 1 is 1.10 bits per heavy atom. The Hall–Kier alpha value is -3.12. The van der Waals surface area contributed by atoms with Crippen molar-refractivity contribution >= 4 is 29.2 Å². The normalized spacial score (nSPS) is 10.9. The lowest BCUT2D eigenvalue weighted by atomic mass is 10.1. The van der Waals surface area contributed by atoms with Crippen LogP contribution in [0.5, 0.6) is 0 Å². The molecule has 0 aliphatic heterocycles. The number of hydrogen-bond donors (Lipinski definition) is 1. The third-order valence-electron chi connectivity index (χ3n) is 4.76. The third kappa shape index (κ3) is 5.52. The van der Waals surface area contributed by atoms with Crippen LogP contribution >= 0.6 is 11.6 Å². The summed E-state index contributed by atoms with van der Waals surface area (Å²) in [6.07, 6.45) is 0.779. The summed E-state index contributed by atoms with van der Waals surface area (Å²) < 4.78 is 1.62. The van der Waals surface area contributed by atoms with E-state index in [0.29, 0.717) is 28.8 Å². The molecule has 0 unspecified atom stereocenters. The molecular weight excluding hydrogens is 412 g/mol. The van der Waals surface area contributed by atoms with Gasteiger partial charge < -0.3 is 10.2 Å². The number of amides is 2. The van der Waals surface area contributed by atoms with Crippen molar-refractivity contribution in [1.82, 2.24) is 14.7 Å². The van der Waals surface area contributed by atoms with Gasteiger partial charge in [0.25, 0.3) is 0 Å². The zero-order chi connectivity index (χ0) is 22.4. The fourth-order valence-corrected chi connectivity index (χ4v) is 3.50. The van der Waals surface area contributed by atoms with Crippen LogP contribution in [0.2, 0.25) is 5.02 Å². The second-order valence-electron chi connectivity index (χ2n) is 7.61. The lowest BCUT2D eigenvalue weighted by Gasteiger charge is -2.23. The van der Waals surface area contributed by atoms with E-state index in [4.69, 9.17) is 11.6 Å². The number of carbonyl (C=O) groups is 2. The first-order valence-corrected chi connectivity index (χ1v) is 10.8. The van der Waals surface area contributed by atoms with Gasteiger partial charge in [-0.1, -0.05) is 74.8 Å². The molecule has 2 amide bonds. The minimum absolute atomic E-state index is 0.0147. The number of halogens is 1. The molecule has 2 aromatic carbocycles. The first-order chi connectivity index (χ1) is 14.9. The van der Waals surface area contributed by atoms with Crippen LogP contribution < -0.4 is 5.32 Å². The molecule has 162 valence electrons. The molecule has 0 bridgehead atoms. The van der Waals surface area contributed by atoms with Crippen molar-refractivity contribution in [3.63, 3.8) is 0 Å². The molecule has 7 heteroatoms. The highest BCUT2D eigenvalue weighted by atomic mass is 35.5. The van der Waals surface area contributed by atoms with E-state index < -0.39 is 0 Å². The van der Waals surface area contributed by atoms with Gasteiger partial charge >= 0.3 is 0 Å². The monoisotopic (exact) mass is 438 g/mol. The first kappa shape index (κ1) is 22.6. The summed E-state index contributed by atoms with van der Waals surface area (Å²) in [4.78, 5) is 26.9. The molecule has 3 aromatic rings. The Labute approximate surface area is 187 Å². The molecule has 0 aliphatic rings. The van der Waals surface area contributed by atoms with Gasteiger partial charge in [-0.25, -0.2) is 4.68 Å². The third-order valence-corrected chi connectivity index (χ3v) is 5.08. The summed E-state index contributed by atoms with van der Waals surface area (Å²) in [6, 6.07) is 18.8. The molecule has 0 aliphatic carbocycles. The van der Waals surface area contributed by atoms with Crippen LogP contribution in [0.3, 0.4) is 0 Å². The fourth-order valence-electron chi connectivity index (χ4n) is 3.29. The maximum atomic E-state index is 12.9. The van der Waals surface area contributed by atoms with Gasteiger partial charge in [-0.15, -0.1) is 0 Å². The van der Waals surface area contributed by atoms with E-state index in [1.165, 1.54) is 0 Å². The van der Waals surface area contributed by atoms with E-state index in [9.17, 15) is 9.59 Å². The van der Waals surface area contributed by atoms with Gasteiger partial charge in [0.2, 0.25) is 11.8 Å². The Morgan fingerprint density at radius 3 is 2.42 bits per heavy atom. The highest BCUT2D eigenvalue weighted by Gasteiger charge is 2.21. The minimum atomic E-state index is -0.282. The number of hydrogen-bond acceptors (Lipinski definition) is 3. The molecule has 1 N–H and O–H groups in total. The molecule has 0 radical (unpaired) electrons. The van der Waals surface area contributed by atoms with Crippen LogP contribution in [0.25, 0.3) is 16.9 Å². The maximum absolute atomic E-state index is 12.9. The zero-order valence-corrected chi connectivity index (χ0v) is 18.8. The SMILES string of the molecule is CCCN(CC(=O)Nc1cc(-c2ccccc2)nn1-c1ccccc1Cl)C(=O)C(C)C. The minimum Gasteiger partial charge on any atom is -0.333 e. The Morgan fingerprint density at radius 2 is 1.77 bits per heavy atom. The Kier molecular flexibility index (Phi) is 7.47. The second kappa shape index (κ2) is 10.3. The second-order valence-corrected chi connectivity index (χ2v) is 8.01. The molecular formula is C24H27ClN4O2. The zero-order valence-electron chi connectivity index (χ0n) is 18.0. The van der Waals surface area contributed by atoms with E-state index in [-0.39, 0.29) is 24.3 Å². The smallest absolute Gasteiger partial charge is 0.245 e. The van der Waals surface area contributed by atoms with E-state index in [1.807, 2.05) is 75.4 Å². The number of nitrogens with one attached hydrogen (secondary N) is 1. The van der Waals surface area contributed by atoms with Crippen molar-refractivity contribution in [2.24, 2.45) is 5.92 Å². The van der Waals surface area contributed by atoms with Gasteiger partial charge in [-0.3, -0.25) is 9.59 Å². The van der Waals surface area contributed by atoms with Gasteiger partial charge in [0, 0.05) is 24.1 Å². The van der Waals surface area contributed by atoms with E-state index in [1.54, 1.807) is 15.6 Å². The van der Waals surface area contributed by atoms with Gasteiger partial charge in [-0.05, 0) is 18.6 Å². The number of nitrogens with zero attached hydrogens (tertiary/aromatic N) is 3. The van der Waals surface area contributed by atoms with Crippen LogP contribution in [-0.4, -0.2) is 39.6 Å². The average molecular weight is 439 g/mol. The highest BCUT2D eigenvalue weighted by molar-refractivity contribution is 6.32. The molecule has 0 atom stereocenters. The number of aromatic nitrogens is 2. The molecule has 31 heavy (non-hydrogen) atoms. The molecule has 6 nitrogen and oxygen atoms in total. The number of carbonyl (C=O) groups excluding carboxylic acids is 2. The van der Waals surface area contributed by atoms with Gasteiger partial charge in [0.05, 0.1) is 22.9 Å². The predicted octanol–water partition coefficient (Wildman–Crippen LogP) is 5.03.